The minimum atomic E-state index is -0.443. The van der Waals surface area contributed by atoms with Gasteiger partial charge in [-0.3, -0.25) is 14.4 Å². The van der Waals surface area contributed by atoms with E-state index in [0.717, 1.165) is 0 Å². The summed E-state index contributed by atoms with van der Waals surface area (Å²) in [6.45, 7) is 2.77. The van der Waals surface area contributed by atoms with E-state index in [2.05, 4.69) is 4.99 Å². The van der Waals surface area contributed by atoms with Gasteiger partial charge in [0.1, 0.15) is 6.54 Å². The molecule has 0 spiro atoms. The number of hydrogen-bond donors (Lipinski definition) is 0. The van der Waals surface area contributed by atoms with Crippen LogP contribution in [0.3, 0.4) is 0 Å². The first-order chi connectivity index (χ1) is 8.63. The molecule has 0 saturated heterocycles. The lowest BCUT2D eigenvalue weighted by atomic mass is 10.6. The smallest absolute Gasteiger partial charge is 0.340 e. The second-order valence-electron chi connectivity index (χ2n) is 3.37. The highest BCUT2D eigenvalue weighted by Crippen LogP contribution is 1.90. The molecule has 8 heteroatoms. The second-order valence-corrected chi connectivity index (χ2v) is 4.35. The van der Waals surface area contributed by atoms with E-state index in [9.17, 15) is 9.59 Å². The zero-order chi connectivity index (χ0) is 13.5. The first-order valence-corrected chi connectivity index (χ1v) is 6.29. The zero-order valence-corrected chi connectivity index (χ0v) is 11.5. The van der Waals surface area contributed by atoms with Crippen molar-refractivity contribution in [1.82, 2.24) is 8.52 Å². The van der Waals surface area contributed by atoms with Crippen LogP contribution in [-0.4, -0.2) is 41.9 Å². The third-order valence-corrected chi connectivity index (χ3v) is 3.27. The number of esters is 1. The Hall–Kier alpha value is -1.41. The van der Waals surface area contributed by atoms with Crippen molar-refractivity contribution in [3.8, 4) is 0 Å². The largest absolute Gasteiger partial charge is 0.465 e. The van der Waals surface area contributed by atoms with Crippen molar-refractivity contribution in [1.29, 1.82) is 0 Å². The van der Waals surface area contributed by atoms with E-state index in [0.29, 0.717) is 24.6 Å². The molecule has 0 amide bonds. The third kappa shape index (κ3) is 3.54. The van der Waals surface area contributed by atoms with Crippen molar-refractivity contribution >= 4 is 17.5 Å². The molecule has 0 saturated carbocycles. The molecule has 1 heterocycles. The zero-order valence-electron chi connectivity index (χ0n) is 10.7. The quantitative estimate of drug-likeness (QED) is 0.653. The van der Waals surface area contributed by atoms with Crippen LogP contribution < -0.4 is 10.5 Å². The minimum absolute atomic E-state index is 0.115. The molecule has 0 bridgehead atoms. The Labute approximate surface area is 108 Å². The van der Waals surface area contributed by atoms with Crippen LogP contribution >= 0.6 is 11.5 Å². The van der Waals surface area contributed by atoms with Gasteiger partial charge < -0.3 is 9.47 Å². The van der Waals surface area contributed by atoms with Crippen LogP contribution in [0.25, 0.3) is 0 Å². The number of carbonyl (C=O) groups excluding carboxylic acids is 1. The van der Waals surface area contributed by atoms with Gasteiger partial charge in [-0.05, 0) is 18.5 Å². The Kier molecular flexibility index (Phi) is 5.79. The Balaban J connectivity index is 3.00. The van der Waals surface area contributed by atoms with Crippen LogP contribution in [0.2, 0.25) is 0 Å². The highest BCUT2D eigenvalue weighted by atomic mass is 32.1. The van der Waals surface area contributed by atoms with Crippen LogP contribution in [0, 0.1) is 0 Å². The van der Waals surface area contributed by atoms with Crippen LogP contribution in [0.1, 0.15) is 6.92 Å². The van der Waals surface area contributed by atoms with Crippen molar-refractivity contribution in [2.75, 3.05) is 27.4 Å². The van der Waals surface area contributed by atoms with Crippen molar-refractivity contribution in [2.45, 2.75) is 20.0 Å². The molecular formula is C10H17N3O4S. The fourth-order valence-corrected chi connectivity index (χ4v) is 2.21. The van der Waals surface area contributed by atoms with E-state index >= 15 is 0 Å². The highest BCUT2D eigenvalue weighted by Gasteiger charge is 2.12. The van der Waals surface area contributed by atoms with Gasteiger partial charge in [0, 0.05) is 14.2 Å². The number of aromatic nitrogens is 2. The first-order valence-electron chi connectivity index (χ1n) is 5.52. The van der Waals surface area contributed by atoms with Crippen LogP contribution in [-0.2, 0) is 27.4 Å². The standard InChI is InChI=1S/C10H17N3O4S/c1-4-17-8(14)7-12-9(11-2)18-13(10(12)15)5-6-16-3/h4-7H2,1-3H3. The predicted octanol–water partition coefficient (Wildman–Crippen LogP) is -0.549. The molecule has 1 rings (SSSR count). The summed E-state index contributed by atoms with van der Waals surface area (Å²) >= 11 is 1.20. The van der Waals surface area contributed by atoms with E-state index in [1.54, 1.807) is 21.1 Å². The molecule has 7 nitrogen and oxygen atoms in total. The Bertz CT molecular complexity index is 514. The molecule has 18 heavy (non-hydrogen) atoms. The first kappa shape index (κ1) is 14.7. The summed E-state index contributed by atoms with van der Waals surface area (Å²) in [5.74, 6) is -0.443. The molecule has 0 N–H and O–H groups in total. The minimum Gasteiger partial charge on any atom is -0.465 e. The normalized spacial score (nSPS) is 11.8. The summed E-state index contributed by atoms with van der Waals surface area (Å²) < 4.78 is 12.5. The molecule has 102 valence electrons. The molecule has 1 aromatic rings. The summed E-state index contributed by atoms with van der Waals surface area (Å²) in [6, 6.07) is 0. The molecule has 0 aliphatic rings. The van der Waals surface area contributed by atoms with Crippen LogP contribution in [0.5, 0.6) is 0 Å². The molecule has 0 aliphatic heterocycles. The second kappa shape index (κ2) is 7.12. The maximum Gasteiger partial charge on any atom is 0.340 e. The van der Waals surface area contributed by atoms with Gasteiger partial charge in [0.2, 0.25) is 4.80 Å². The average molecular weight is 275 g/mol. The van der Waals surface area contributed by atoms with Crippen LogP contribution in [0.15, 0.2) is 9.79 Å². The number of ether oxygens (including phenoxy) is 2. The number of carbonyl (C=O) groups is 1. The van der Waals surface area contributed by atoms with E-state index in [1.807, 2.05) is 0 Å². The van der Waals surface area contributed by atoms with Gasteiger partial charge in [0.15, 0.2) is 0 Å². The summed E-state index contributed by atoms with van der Waals surface area (Å²) in [4.78, 5) is 27.9. The molecule has 0 unspecified atom stereocenters. The Morgan fingerprint density at radius 3 is 2.78 bits per heavy atom. The lowest BCUT2D eigenvalue weighted by Gasteiger charge is -2.01. The fraction of sp³-hybridized carbons (Fsp3) is 0.700. The Morgan fingerprint density at radius 2 is 2.22 bits per heavy atom. The Morgan fingerprint density at radius 1 is 1.50 bits per heavy atom. The maximum atomic E-state index is 12.0. The van der Waals surface area contributed by atoms with Crippen molar-refractivity contribution in [3.05, 3.63) is 15.3 Å². The number of nitrogens with zero attached hydrogens (tertiary/aromatic N) is 3. The summed E-state index contributed by atoms with van der Waals surface area (Å²) in [6.07, 6.45) is 0. The van der Waals surface area contributed by atoms with Gasteiger partial charge >= 0.3 is 11.7 Å². The number of hydrogen-bond acceptors (Lipinski definition) is 6. The van der Waals surface area contributed by atoms with E-state index in [4.69, 9.17) is 9.47 Å². The van der Waals surface area contributed by atoms with Crippen molar-refractivity contribution in [2.24, 2.45) is 4.99 Å². The number of methoxy groups -OCH3 is 1. The maximum absolute atomic E-state index is 12.0. The van der Waals surface area contributed by atoms with Crippen molar-refractivity contribution < 1.29 is 14.3 Å². The lowest BCUT2D eigenvalue weighted by Crippen LogP contribution is -2.33. The van der Waals surface area contributed by atoms with Gasteiger partial charge in [0.25, 0.3) is 0 Å². The average Bonchev–Trinajstić information content (AvgIpc) is 2.64. The molecule has 0 aliphatic carbocycles. The summed E-state index contributed by atoms with van der Waals surface area (Å²) in [5, 5.41) is 0. The molecule has 0 aromatic carbocycles. The fourth-order valence-electron chi connectivity index (χ4n) is 1.35. The van der Waals surface area contributed by atoms with E-state index in [1.165, 1.54) is 20.1 Å². The van der Waals surface area contributed by atoms with E-state index < -0.39 is 5.97 Å². The summed E-state index contributed by atoms with van der Waals surface area (Å²) in [5.41, 5.74) is -0.272. The monoisotopic (exact) mass is 275 g/mol. The van der Waals surface area contributed by atoms with Gasteiger partial charge in [-0.25, -0.2) is 8.75 Å². The molecular weight excluding hydrogens is 258 g/mol. The van der Waals surface area contributed by atoms with Crippen molar-refractivity contribution in [3.63, 3.8) is 0 Å². The SMILES string of the molecule is CCOC(=O)Cn1c(=NC)sn(CCOC)c1=O. The molecule has 0 fully saturated rings. The molecule has 0 atom stereocenters. The van der Waals surface area contributed by atoms with Gasteiger partial charge in [0.05, 0.1) is 19.8 Å². The number of rotatable bonds is 6. The van der Waals surface area contributed by atoms with E-state index in [-0.39, 0.29) is 12.2 Å². The topological polar surface area (TPSA) is 74.8 Å². The lowest BCUT2D eigenvalue weighted by molar-refractivity contribution is -0.143. The highest BCUT2D eigenvalue weighted by molar-refractivity contribution is 7.03. The predicted molar refractivity (Wildman–Crippen MR) is 66.6 cm³/mol. The van der Waals surface area contributed by atoms with Gasteiger partial charge in [-0.1, -0.05) is 0 Å². The molecule has 0 radical (unpaired) electrons. The van der Waals surface area contributed by atoms with Crippen LogP contribution in [0.4, 0.5) is 0 Å². The third-order valence-electron chi connectivity index (χ3n) is 2.15. The van der Waals surface area contributed by atoms with Gasteiger partial charge in [-0.2, -0.15) is 0 Å². The summed E-state index contributed by atoms with van der Waals surface area (Å²) in [7, 11) is 3.14. The molecule has 1 aromatic heterocycles. The van der Waals surface area contributed by atoms with Gasteiger partial charge in [-0.15, -0.1) is 0 Å².